The maximum atomic E-state index is 12.3. The number of anilines is 2. The van der Waals surface area contributed by atoms with Crippen LogP contribution in [0.4, 0.5) is 11.5 Å². The highest BCUT2D eigenvalue weighted by Crippen LogP contribution is 2.27. The standard InChI is InChI=1S/C21H28N4OS/c1-4-17-9-5-6-11-25(17)19-12-21(23-14-22-19)27-13-20(26)24-18-10-7-8-15(2)16(18)3/h7-8,10,12,14,17H,4-6,9,11,13H2,1-3H3,(H,24,26)/t17-/m1/s1. The second-order valence-electron chi connectivity index (χ2n) is 7.05. The van der Waals surface area contributed by atoms with E-state index in [1.165, 1.54) is 36.6 Å². The topological polar surface area (TPSA) is 58.1 Å². The fourth-order valence-corrected chi connectivity index (χ4v) is 4.17. The number of thioether (sulfide) groups is 1. The largest absolute Gasteiger partial charge is 0.354 e. The summed E-state index contributed by atoms with van der Waals surface area (Å²) in [7, 11) is 0. The maximum Gasteiger partial charge on any atom is 0.234 e. The third kappa shape index (κ3) is 5.01. The Morgan fingerprint density at radius 3 is 2.96 bits per heavy atom. The van der Waals surface area contributed by atoms with Crippen molar-refractivity contribution in [1.82, 2.24) is 9.97 Å². The first-order valence-corrected chi connectivity index (χ1v) is 10.6. The smallest absolute Gasteiger partial charge is 0.234 e. The number of benzene rings is 1. The van der Waals surface area contributed by atoms with Gasteiger partial charge in [-0.15, -0.1) is 0 Å². The van der Waals surface area contributed by atoms with Crippen LogP contribution in [-0.2, 0) is 4.79 Å². The Balaban J connectivity index is 1.61. The molecule has 1 aromatic heterocycles. The van der Waals surface area contributed by atoms with Crippen molar-refractivity contribution in [3.8, 4) is 0 Å². The second kappa shape index (κ2) is 9.22. The van der Waals surface area contributed by atoms with Crippen LogP contribution in [-0.4, -0.2) is 34.2 Å². The molecule has 2 heterocycles. The molecule has 144 valence electrons. The minimum atomic E-state index is -0.0155. The molecule has 2 aromatic rings. The number of nitrogens with one attached hydrogen (secondary N) is 1. The molecule has 1 amide bonds. The van der Waals surface area contributed by atoms with Crippen LogP contribution in [0.25, 0.3) is 0 Å². The molecule has 6 heteroatoms. The van der Waals surface area contributed by atoms with Gasteiger partial charge < -0.3 is 10.2 Å². The molecule has 5 nitrogen and oxygen atoms in total. The fourth-order valence-electron chi connectivity index (χ4n) is 3.50. The molecule has 1 aliphatic heterocycles. The number of piperidine rings is 1. The number of rotatable bonds is 6. The first-order valence-electron chi connectivity index (χ1n) is 9.66. The van der Waals surface area contributed by atoms with Crippen LogP contribution in [0.2, 0.25) is 0 Å². The van der Waals surface area contributed by atoms with Gasteiger partial charge in [0.2, 0.25) is 5.91 Å². The van der Waals surface area contributed by atoms with Crippen LogP contribution in [0.5, 0.6) is 0 Å². The molecule has 1 aliphatic rings. The van der Waals surface area contributed by atoms with Gasteiger partial charge in [0.1, 0.15) is 17.2 Å². The number of hydrogen-bond donors (Lipinski definition) is 1. The molecule has 0 saturated carbocycles. The van der Waals surface area contributed by atoms with Gasteiger partial charge in [-0.05, 0) is 56.7 Å². The Bertz CT molecular complexity index is 796. The zero-order valence-corrected chi connectivity index (χ0v) is 17.2. The van der Waals surface area contributed by atoms with E-state index in [2.05, 4.69) is 27.1 Å². The van der Waals surface area contributed by atoms with Crippen LogP contribution < -0.4 is 10.2 Å². The van der Waals surface area contributed by atoms with E-state index < -0.39 is 0 Å². The van der Waals surface area contributed by atoms with Crippen LogP contribution >= 0.6 is 11.8 Å². The number of aromatic nitrogens is 2. The Labute approximate surface area is 166 Å². The summed E-state index contributed by atoms with van der Waals surface area (Å²) in [6.07, 6.45) is 6.47. The van der Waals surface area contributed by atoms with Crippen molar-refractivity contribution >= 4 is 29.2 Å². The van der Waals surface area contributed by atoms with E-state index in [0.717, 1.165) is 35.1 Å². The summed E-state index contributed by atoms with van der Waals surface area (Å²) in [6, 6.07) is 8.52. The predicted octanol–water partition coefficient (Wildman–Crippen LogP) is 4.59. The summed E-state index contributed by atoms with van der Waals surface area (Å²) in [6.45, 7) is 7.36. The first-order chi connectivity index (χ1) is 13.1. The Hall–Kier alpha value is -2.08. The molecule has 1 atom stereocenters. The zero-order valence-electron chi connectivity index (χ0n) is 16.4. The Morgan fingerprint density at radius 1 is 1.30 bits per heavy atom. The molecule has 0 spiro atoms. The van der Waals surface area contributed by atoms with Crippen molar-refractivity contribution in [1.29, 1.82) is 0 Å². The molecule has 0 bridgehead atoms. The van der Waals surface area contributed by atoms with E-state index in [9.17, 15) is 4.79 Å². The van der Waals surface area contributed by atoms with E-state index in [-0.39, 0.29) is 5.91 Å². The normalized spacial score (nSPS) is 17.0. The van der Waals surface area contributed by atoms with Crippen LogP contribution in [0.15, 0.2) is 35.6 Å². The molecular formula is C21H28N4OS. The third-order valence-electron chi connectivity index (χ3n) is 5.25. The molecule has 0 aliphatic carbocycles. The molecule has 0 unspecified atom stereocenters. The van der Waals surface area contributed by atoms with Crippen molar-refractivity contribution in [2.24, 2.45) is 0 Å². The van der Waals surface area contributed by atoms with Crippen molar-refractivity contribution in [3.63, 3.8) is 0 Å². The van der Waals surface area contributed by atoms with Gasteiger partial charge in [-0.3, -0.25) is 4.79 Å². The van der Waals surface area contributed by atoms with E-state index in [0.29, 0.717) is 11.8 Å². The molecule has 1 N–H and O–H groups in total. The summed E-state index contributed by atoms with van der Waals surface area (Å²) in [5.74, 6) is 1.30. The average molecular weight is 385 g/mol. The van der Waals surface area contributed by atoms with Crippen LogP contribution in [0, 0.1) is 13.8 Å². The second-order valence-corrected chi connectivity index (χ2v) is 8.05. The highest BCUT2D eigenvalue weighted by atomic mass is 32.2. The SMILES string of the molecule is CC[C@@H]1CCCCN1c1cc(SCC(=O)Nc2cccc(C)c2C)ncn1. The minimum absolute atomic E-state index is 0.0155. The van der Waals surface area contributed by atoms with Crippen molar-refractivity contribution in [3.05, 3.63) is 41.7 Å². The quantitative estimate of drug-likeness (QED) is 0.583. The minimum Gasteiger partial charge on any atom is -0.354 e. The maximum absolute atomic E-state index is 12.3. The predicted molar refractivity (Wildman–Crippen MR) is 113 cm³/mol. The highest BCUT2D eigenvalue weighted by molar-refractivity contribution is 7.99. The molecule has 1 fully saturated rings. The number of hydrogen-bond acceptors (Lipinski definition) is 5. The van der Waals surface area contributed by atoms with E-state index in [4.69, 9.17) is 0 Å². The lowest BCUT2D eigenvalue weighted by atomic mass is 10.0. The van der Waals surface area contributed by atoms with Crippen LogP contribution in [0.3, 0.4) is 0 Å². The van der Waals surface area contributed by atoms with Gasteiger partial charge in [0, 0.05) is 24.3 Å². The van der Waals surface area contributed by atoms with Crippen molar-refractivity contribution in [2.45, 2.75) is 57.5 Å². The molecule has 27 heavy (non-hydrogen) atoms. The summed E-state index contributed by atoms with van der Waals surface area (Å²) >= 11 is 1.46. The van der Waals surface area contributed by atoms with Gasteiger partial charge in [-0.1, -0.05) is 30.8 Å². The lowest BCUT2D eigenvalue weighted by Crippen LogP contribution is -2.39. The molecule has 1 saturated heterocycles. The highest BCUT2D eigenvalue weighted by Gasteiger charge is 2.22. The van der Waals surface area contributed by atoms with Crippen molar-refractivity contribution in [2.75, 3.05) is 22.5 Å². The van der Waals surface area contributed by atoms with Crippen LogP contribution in [0.1, 0.15) is 43.7 Å². The molecular weight excluding hydrogens is 356 g/mol. The van der Waals surface area contributed by atoms with Crippen molar-refractivity contribution < 1.29 is 4.79 Å². The third-order valence-corrected chi connectivity index (χ3v) is 6.18. The number of nitrogens with zero attached hydrogens (tertiary/aromatic N) is 3. The molecule has 3 rings (SSSR count). The number of amides is 1. The lowest BCUT2D eigenvalue weighted by Gasteiger charge is -2.36. The Kier molecular flexibility index (Phi) is 6.72. The fraction of sp³-hybridized carbons (Fsp3) is 0.476. The van der Waals surface area contributed by atoms with Gasteiger partial charge in [0.25, 0.3) is 0 Å². The van der Waals surface area contributed by atoms with E-state index >= 15 is 0 Å². The number of carbonyl (C=O) groups is 1. The summed E-state index contributed by atoms with van der Waals surface area (Å²) in [5, 5.41) is 3.85. The summed E-state index contributed by atoms with van der Waals surface area (Å²) in [5.41, 5.74) is 3.16. The van der Waals surface area contributed by atoms with Gasteiger partial charge >= 0.3 is 0 Å². The van der Waals surface area contributed by atoms with E-state index in [1.807, 2.05) is 38.1 Å². The van der Waals surface area contributed by atoms with Gasteiger partial charge in [-0.25, -0.2) is 9.97 Å². The van der Waals surface area contributed by atoms with Gasteiger partial charge in [0.15, 0.2) is 0 Å². The Morgan fingerprint density at radius 2 is 2.15 bits per heavy atom. The average Bonchev–Trinajstić information content (AvgIpc) is 2.70. The molecule has 0 radical (unpaired) electrons. The lowest BCUT2D eigenvalue weighted by molar-refractivity contribution is -0.113. The first kappa shape index (κ1) is 19.7. The van der Waals surface area contributed by atoms with Gasteiger partial charge in [-0.2, -0.15) is 0 Å². The van der Waals surface area contributed by atoms with E-state index in [1.54, 1.807) is 6.33 Å². The number of aryl methyl sites for hydroxylation is 1. The zero-order chi connectivity index (χ0) is 19.2. The summed E-state index contributed by atoms with van der Waals surface area (Å²) < 4.78 is 0. The van der Waals surface area contributed by atoms with Gasteiger partial charge in [0.05, 0.1) is 5.75 Å². The summed E-state index contributed by atoms with van der Waals surface area (Å²) in [4.78, 5) is 23.6. The molecule has 1 aromatic carbocycles. The number of carbonyl (C=O) groups excluding carboxylic acids is 1. The monoisotopic (exact) mass is 384 g/mol.